The molecule has 1 heterocycles. The molecule has 4 atom stereocenters. The highest BCUT2D eigenvalue weighted by Crippen LogP contribution is 2.45. The van der Waals surface area contributed by atoms with Crippen molar-refractivity contribution in [3.8, 4) is 0 Å². The van der Waals surface area contributed by atoms with Gasteiger partial charge in [-0.05, 0) is 70.0 Å². The summed E-state index contributed by atoms with van der Waals surface area (Å²) in [5, 5.41) is 16.6. The molecule has 0 bridgehead atoms. The summed E-state index contributed by atoms with van der Waals surface area (Å²) in [6.45, 7) is 3.08. The van der Waals surface area contributed by atoms with Gasteiger partial charge in [-0.25, -0.2) is 0 Å². The quantitative estimate of drug-likeness (QED) is 0.648. The molecule has 118 valence electrons. The Labute approximate surface area is 127 Å². The molecule has 2 saturated carbocycles. The largest absolute Gasteiger partial charge is 0.480 e. The van der Waals surface area contributed by atoms with Crippen LogP contribution >= 0.6 is 0 Å². The van der Waals surface area contributed by atoms with Crippen LogP contribution in [0, 0.1) is 17.8 Å². The SMILES string of the molecule is O=C(O)C12CC1C=CCCCCNCC1CCCC1CN2. The van der Waals surface area contributed by atoms with E-state index in [1.807, 2.05) is 0 Å². The molecule has 0 aromatic rings. The standard InChI is InChI=1S/C17H28N2O2/c20-16(21)17-10-15(17)8-3-1-2-4-9-18-11-13-6-5-7-14(13)12-19-17/h3,8,13-15,18-19H,1-2,4-7,9-12H2,(H,20,21). The Bertz CT molecular complexity index is 410. The third kappa shape index (κ3) is 3.32. The van der Waals surface area contributed by atoms with Crippen molar-refractivity contribution in [3.05, 3.63) is 12.2 Å². The van der Waals surface area contributed by atoms with Gasteiger partial charge in [-0.2, -0.15) is 0 Å². The third-order valence-corrected chi connectivity index (χ3v) is 5.64. The van der Waals surface area contributed by atoms with E-state index in [-0.39, 0.29) is 5.92 Å². The zero-order valence-electron chi connectivity index (χ0n) is 12.8. The average molecular weight is 292 g/mol. The van der Waals surface area contributed by atoms with Crippen molar-refractivity contribution in [2.24, 2.45) is 17.8 Å². The van der Waals surface area contributed by atoms with Gasteiger partial charge in [-0.15, -0.1) is 0 Å². The topological polar surface area (TPSA) is 61.4 Å². The number of hydrogen-bond acceptors (Lipinski definition) is 3. The number of hydrogen-bond donors (Lipinski definition) is 3. The Morgan fingerprint density at radius 1 is 1.14 bits per heavy atom. The van der Waals surface area contributed by atoms with E-state index in [0.717, 1.165) is 38.4 Å². The van der Waals surface area contributed by atoms with E-state index in [9.17, 15) is 9.90 Å². The van der Waals surface area contributed by atoms with Crippen LogP contribution in [0.3, 0.4) is 0 Å². The molecule has 0 amide bonds. The third-order valence-electron chi connectivity index (χ3n) is 5.64. The summed E-state index contributed by atoms with van der Waals surface area (Å²) in [6, 6.07) is 0. The lowest BCUT2D eigenvalue weighted by Crippen LogP contribution is -2.44. The molecule has 2 aliphatic carbocycles. The maximum absolute atomic E-state index is 11.6. The highest BCUT2D eigenvalue weighted by atomic mass is 16.4. The number of fused-ring (bicyclic) bond motifs is 2. The number of carboxylic acids is 1. The van der Waals surface area contributed by atoms with Crippen molar-refractivity contribution < 1.29 is 9.90 Å². The first-order chi connectivity index (χ1) is 10.2. The summed E-state index contributed by atoms with van der Waals surface area (Å²) in [4.78, 5) is 11.6. The van der Waals surface area contributed by atoms with Crippen LogP contribution < -0.4 is 10.6 Å². The summed E-state index contributed by atoms with van der Waals surface area (Å²) in [6.07, 6.45) is 12.4. The zero-order valence-corrected chi connectivity index (χ0v) is 12.8. The molecule has 4 heteroatoms. The van der Waals surface area contributed by atoms with E-state index in [2.05, 4.69) is 22.8 Å². The van der Waals surface area contributed by atoms with Gasteiger partial charge in [0.1, 0.15) is 5.54 Å². The number of aliphatic carboxylic acids is 1. The fraction of sp³-hybridized carbons (Fsp3) is 0.824. The van der Waals surface area contributed by atoms with Gasteiger partial charge in [0.05, 0.1) is 0 Å². The molecular formula is C17H28N2O2. The van der Waals surface area contributed by atoms with Crippen LogP contribution in [0.25, 0.3) is 0 Å². The number of carbonyl (C=O) groups is 1. The first kappa shape index (κ1) is 15.0. The van der Waals surface area contributed by atoms with Crippen LogP contribution in [0.2, 0.25) is 0 Å². The van der Waals surface area contributed by atoms with Crippen LogP contribution in [-0.2, 0) is 4.79 Å². The maximum Gasteiger partial charge on any atom is 0.324 e. The van der Waals surface area contributed by atoms with Gasteiger partial charge in [0.2, 0.25) is 0 Å². The first-order valence-corrected chi connectivity index (χ1v) is 8.58. The molecule has 0 radical (unpaired) electrons. The smallest absolute Gasteiger partial charge is 0.324 e. The van der Waals surface area contributed by atoms with Crippen LogP contribution in [0.15, 0.2) is 12.2 Å². The molecule has 0 saturated heterocycles. The lowest BCUT2D eigenvalue weighted by atomic mass is 9.95. The normalized spacial score (nSPS) is 40.9. The van der Waals surface area contributed by atoms with Crippen molar-refractivity contribution in [3.63, 3.8) is 0 Å². The molecule has 21 heavy (non-hydrogen) atoms. The van der Waals surface area contributed by atoms with Crippen molar-refractivity contribution in [2.75, 3.05) is 19.6 Å². The minimum absolute atomic E-state index is 0.191. The monoisotopic (exact) mass is 292 g/mol. The summed E-state index contributed by atoms with van der Waals surface area (Å²) in [5.41, 5.74) is -0.665. The van der Waals surface area contributed by atoms with Gasteiger partial charge >= 0.3 is 5.97 Å². The Kier molecular flexibility index (Phi) is 4.65. The molecule has 4 nitrogen and oxygen atoms in total. The highest BCUT2D eigenvalue weighted by molar-refractivity contribution is 5.84. The van der Waals surface area contributed by atoms with E-state index in [1.165, 1.54) is 32.1 Å². The predicted molar refractivity (Wildman–Crippen MR) is 83.2 cm³/mol. The fourth-order valence-electron chi connectivity index (χ4n) is 4.07. The van der Waals surface area contributed by atoms with Crippen LogP contribution in [0.5, 0.6) is 0 Å². The Morgan fingerprint density at radius 3 is 2.76 bits per heavy atom. The number of nitrogens with one attached hydrogen (secondary N) is 2. The second-order valence-corrected chi connectivity index (χ2v) is 7.05. The molecule has 0 spiro atoms. The zero-order chi connectivity index (χ0) is 14.7. The summed E-state index contributed by atoms with van der Waals surface area (Å²) < 4.78 is 0. The highest BCUT2D eigenvalue weighted by Gasteiger charge is 2.59. The summed E-state index contributed by atoms with van der Waals surface area (Å²) in [7, 11) is 0. The molecule has 0 aromatic heterocycles. The number of carboxylic acid groups (broad SMARTS) is 1. The second-order valence-electron chi connectivity index (χ2n) is 7.05. The Balaban J connectivity index is 1.66. The summed E-state index contributed by atoms with van der Waals surface area (Å²) >= 11 is 0. The first-order valence-electron chi connectivity index (χ1n) is 8.58. The molecular weight excluding hydrogens is 264 g/mol. The van der Waals surface area contributed by atoms with E-state index in [0.29, 0.717) is 5.92 Å². The summed E-state index contributed by atoms with van der Waals surface area (Å²) in [5.74, 6) is 0.883. The lowest BCUT2D eigenvalue weighted by molar-refractivity contribution is -0.141. The second kappa shape index (κ2) is 6.49. The average Bonchev–Trinajstić information content (AvgIpc) is 3.00. The van der Waals surface area contributed by atoms with Crippen LogP contribution in [0.4, 0.5) is 0 Å². The Hall–Kier alpha value is -0.870. The fourth-order valence-corrected chi connectivity index (χ4v) is 4.07. The van der Waals surface area contributed by atoms with Gasteiger partial charge in [-0.1, -0.05) is 18.6 Å². The predicted octanol–water partition coefficient (Wildman–Crippen LogP) is 2.17. The van der Waals surface area contributed by atoms with Gasteiger partial charge < -0.3 is 15.7 Å². The van der Waals surface area contributed by atoms with Crippen molar-refractivity contribution in [2.45, 2.75) is 50.5 Å². The van der Waals surface area contributed by atoms with Crippen molar-refractivity contribution >= 4 is 5.97 Å². The Morgan fingerprint density at radius 2 is 1.95 bits per heavy atom. The van der Waals surface area contributed by atoms with E-state index in [4.69, 9.17) is 0 Å². The van der Waals surface area contributed by atoms with Gasteiger partial charge in [0.25, 0.3) is 0 Å². The van der Waals surface area contributed by atoms with Gasteiger partial charge in [0.15, 0.2) is 0 Å². The van der Waals surface area contributed by atoms with Crippen molar-refractivity contribution in [1.82, 2.24) is 10.6 Å². The van der Waals surface area contributed by atoms with Gasteiger partial charge in [-0.3, -0.25) is 4.79 Å². The van der Waals surface area contributed by atoms with E-state index >= 15 is 0 Å². The van der Waals surface area contributed by atoms with E-state index in [1.54, 1.807) is 0 Å². The van der Waals surface area contributed by atoms with Gasteiger partial charge in [0, 0.05) is 5.92 Å². The van der Waals surface area contributed by atoms with Crippen LogP contribution in [0.1, 0.15) is 44.9 Å². The molecule has 1 aliphatic heterocycles. The minimum Gasteiger partial charge on any atom is -0.480 e. The van der Waals surface area contributed by atoms with Crippen molar-refractivity contribution in [1.29, 1.82) is 0 Å². The number of allylic oxidation sites excluding steroid dienone is 1. The van der Waals surface area contributed by atoms with Crippen LogP contribution in [-0.4, -0.2) is 36.2 Å². The minimum atomic E-state index is -0.670. The molecule has 3 N–H and O–H groups in total. The molecule has 4 unspecified atom stereocenters. The molecule has 0 aromatic carbocycles. The number of rotatable bonds is 1. The lowest BCUT2D eigenvalue weighted by Gasteiger charge is -2.23. The molecule has 2 fully saturated rings. The molecule has 3 aliphatic rings. The van der Waals surface area contributed by atoms with E-state index < -0.39 is 11.5 Å². The molecule has 3 rings (SSSR count). The maximum atomic E-state index is 11.6.